The van der Waals surface area contributed by atoms with Crippen LogP contribution in [0.4, 0.5) is 0 Å². The third-order valence-electron chi connectivity index (χ3n) is 8.87. The van der Waals surface area contributed by atoms with Crippen molar-refractivity contribution in [3.05, 3.63) is 36.0 Å². The van der Waals surface area contributed by atoms with Gasteiger partial charge in [-0.05, 0) is 55.9 Å². The minimum atomic E-state index is -1.17. The molecule has 0 aromatic rings. The fourth-order valence-corrected chi connectivity index (χ4v) is 6.30. The van der Waals surface area contributed by atoms with Gasteiger partial charge in [0.05, 0.1) is 17.4 Å². The zero-order valence-corrected chi connectivity index (χ0v) is 23.1. The molecule has 3 aliphatic rings. The van der Waals surface area contributed by atoms with Crippen molar-refractivity contribution in [1.29, 1.82) is 0 Å². The van der Waals surface area contributed by atoms with Crippen LogP contribution in [-0.2, 0) is 33.3 Å². The summed E-state index contributed by atoms with van der Waals surface area (Å²) in [5.74, 6) is -1.99. The molecular formula is C29H42O8. The third kappa shape index (κ3) is 5.28. The van der Waals surface area contributed by atoms with Gasteiger partial charge in [-0.1, -0.05) is 52.0 Å². The average molecular weight is 519 g/mol. The summed E-state index contributed by atoms with van der Waals surface area (Å²) in [7, 11) is 0. The van der Waals surface area contributed by atoms with Crippen molar-refractivity contribution < 1.29 is 38.4 Å². The highest BCUT2D eigenvalue weighted by Gasteiger charge is 2.71. The predicted molar refractivity (Wildman–Crippen MR) is 137 cm³/mol. The minimum Gasteiger partial charge on any atom is -0.458 e. The first-order chi connectivity index (χ1) is 17.3. The molecular weight excluding hydrogens is 476 g/mol. The highest BCUT2D eigenvalue weighted by Crippen LogP contribution is 2.67. The van der Waals surface area contributed by atoms with Crippen LogP contribution < -0.4 is 0 Å². The smallest absolute Gasteiger partial charge is 0.309 e. The predicted octanol–water partition coefficient (Wildman–Crippen LogP) is 4.62. The van der Waals surface area contributed by atoms with Gasteiger partial charge in [0, 0.05) is 19.4 Å². The molecule has 8 heteroatoms. The third-order valence-corrected chi connectivity index (χ3v) is 8.87. The zero-order valence-electron chi connectivity index (χ0n) is 23.1. The number of ether oxygens (including phenoxy) is 4. The summed E-state index contributed by atoms with van der Waals surface area (Å²) in [5.41, 5.74) is -0.0572. The van der Waals surface area contributed by atoms with E-state index in [1.165, 1.54) is 13.8 Å². The fraction of sp³-hybridized carbons (Fsp3) is 0.690. The van der Waals surface area contributed by atoms with Crippen LogP contribution in [-0.4, -0.2) is 47.8 Å². The van der Waals surface area contributed by atoms with Crippen molar-refractivity contribution in [2.24, 2.45) is 28.6 Å². The normalized spacial score (nSPS) is 37.9. The molecule has 0 amide bonds. The first-order valence-corrected chi connectivity index (χ1v) is 13.2. The Hall–Kier alpha value is -2.45. The molecule has 1 N–H and O–H groups in total. The van der Waals surface area contributed by atoms with Crippen LogP contribution in [0, 0.1) is 28.6 Å². The minimum absolute atomic E-state index is 0.0722. The molecule has 0 radical (unpaired) electrons. The van der Waals surface area contributed by atoms with Gasteiger partial charge in [0.25, 0.3) is 0 Å². The Morgan fingerprint density at radius 1 is 1.19 bits per heavy atom. The SMILES string of the molecule is C=C/C(C)=C/C[C@]1(C)[C@H]2C[C@@H](OC(=O)C(C)CC)C=C3[C@H](OC(C)=O)O[C@H](OC(C)=O)[C@@]32[C@H](O)C[C@@H]1C. The second kappa shape index (κ2) is 11.1. The van der Waals surface area contributed by atoms with Crippen LogP contribution in [0.5, 0.6) is 0 Å². The van der Waals surface area contributed by atoms with Crippen molar-refractivity contribution >= 4 is 17.9 Å². The molecule has 2 fully saturated rings. The molecule has 1 saturated heterocycles. The maximum absolute atomic E-state index is 12.8. The Bertz CT molecular complexity index is 982. The van der Waals surface area contributed by atoms with Crippen LogP contribution >= 0.6 is 0 Å². The van der Waals surface area contributed by atoms with Gasteiger partial charge in [-0.25, -0.2) is 0 Å². The Balaban J connectivity index is 2.21. The van der Waals surface area contributed by atoms with Crippen molar-refractivity contribution in [3.8, 4) is 0 Å². The van der Waals surface area contributed by atoms with Gasteiger partial charge in [0.1, 0.15) is 6.10 Å². The van der Waals surface area contributed by atoms with E-state index in [0.717, 1.165) is 5.57 Å². The first-order valence-electron chi connectivity index (χ1n) is 13.2. The number of allylic oxidation sites excluding steroid dienone is 3. The summed E-state index contributed by atoms with van der Waals surface area (Å²) >= 11 is 0. The highest BCUT2D eigenvalue weighted by molar-refractivity contribution is 5.72. The molecule has 0 bridgehead atoms. The van der Waals surface area contributed by atoms with E-state index in [2.05, 4.69) is 26.5 Å². The lowest BCUT2D eigenvalue weighted by atomic mass is 9.45. The van der Waals surface area contributed by atoms with Gasteiger partial charge in [0.2, 0.25) is 12.6 Å². The Morgan fingerprint density at radius 2 is 1.84 bits per heavy atom. The van der Waals surface area contributed by atoms with Gasteiger partial charge < -0.3 is 19.3 Å². The molecule has 206 valence electrons. The van der Waals surface area contributed by atoms with Crippen LogP contribution in [0.15, 0.2) is 36.0 Å². The molecule has 1 spiro atoms. The number of esters is 3. The molecule has 0 aromatic carbocycles. The monoisotopic (exact) mass is 518 g/mol. The van der Waals surface area contributed by atoms with Crippen LogP contribution in [0.1, 0.15) is 74.1 Å². The quantitative estimate of drug-likeness (QED) is 0.215. The lowest BCUT2D eigenvalue weighted by Crippen LogP contribution is -2.63. The van der Waals surface area contributed by atoms with Crippen molar-refractivity contribution in [1.82, 2.24) is 0 Å². The summed E-state index contributed by atoms with van der Waals surface area (Å²) in [6.45, 7) is 16.4. The lowest BCUT2D eigenvalue weighted by molar-refractivity contribution is -0.254. The van der Waals surface area contributed by atoms with E-state index in [4.69, 9.17) is 18.9 Å². The molecule has 1 saturated carbocycles. The van der Waals surface area contributed by atoms with Gasteiger partial charge in [-0.15, -0.1) is 0 Å². The average Bonchev–Trinajstić information content (AvgIpc) is 3.12. The maximum Gasteiger partial charge on any atom is 0.309 e. The van der Waals surface area contributed by atoms with Crippen molar-refractivity contribution in [2.75, 3.05) is 0 Å². The van der Waals surface area contributed by atoms with Crippen LogP contribution in [0.3, 0.4) is 0 Å². The van der Waals surface area contributed by atoms with E-state index in [0.29, 0.717) is 31.3 Å². The van der Waals surface area contributed by atoms with Crippen molar-refractivity contribution in [2.45, 2.75) is 98.9 Å². The number of carbonyl (C=O) groups is 3. The summed E-state index contributed by atoms with van der Waals surface area (Å²) in [5, 5.41) is 11.7. The summed E-state index contributed by atoms with van der Waals surface area (Å²) in [4.78, 5) is 37.0. The molecule has 1 unspecified atom stereocenters. The number of aliphatic hydroxyl groups is 1. The molecule has 1 aliphatic heterocycles. The second-order valence-electron chi connectivity index (χ2n) is 11.2. The number of rotatable bonds is 8. The summed E-state index contributed by atoms with van der Waals surface area (Å²) in [6, 6.07) is 0. The molecule has 37 heavy (non-hydrogen) atoms. The Labute approximate surface area is 220 Å². The first kappa shape index (κ1) is 29.1. The van der Waals surface area contributed by atoms with E-state index >= 15 is 0 Å². The van der Waals surface area contributed by atoms with Gasteiger partial charge in [-0.2, -0.15) is 0 Å². The number of carbonyl (C=O) groups excluding carboxylic acids is 3. The standard InChI is InChI=1S/C29H42O8/c1-9-16(3)11-12-28(8)18(5)13-24(32)29-22(26(34-19(6)30)37-27(29)35-20(7)31)14-21(15-23(28)29)36-25(33)17(4)10-2/h9,11,14,17-18,21,23-24,26-27,32H,1,10,12-13,15H2,2-8H3/b16-11+/t17?,18-,21-,23+,24+,26+,27-,28-,29-/m0/s1. The molecule has 8 nitrogen and oxygen atoms in total. The summed E-state index contributed by atoms with van der Waals surface area (Å²) < 4.78 is 23.2. The molecule has 2 aliphatic carbocycles. The Morgan fingerprint density at radius 3 is 2.41 bits per heavy atom. The lowest BCUT2D eigenvalue weighted by Gasteiger charge is -2.60. The number of hydrogen-bond acceptors (Lipinski definition) is 8. The van der Waals surface area contributed by atoms with Gasteiger partial charge >= 0.3 is 17.9 Å². The topological polar surface area (TPSA) is 108 Å². The fourth-order valence-electron chi connectivity index (χ4n) is 6.30. The number of hydrogen-bond donors (Lipinski definition) is 1. The molecule has 1 heterocycles. The van der Waals surface area contributed by atoms with Gasteiger partial charge in [0.15, 0.2) is 0 Å². The maximum atomic E-state index is 12.8. The van der Waals surface area contributed by atoms with E-state index < -0.39 is 47.6 Å². The van der Waals surface area contributed by atoms with E-state index in [9.17, 15) is 19.5 Å². The van der Waals surface area contributed by atoms with E-state index in [1.807, 2.05) is 20.8 Å². The number of aliphatic hydroxyl groups excluding tert-OH is 1. The van der Waals surface area contributed by atoms with Crippen LogP contribution in [0.25, 0.3) is 0 Å². The molecule has 0 aromatic heterocycles. The largest absolute Gasteiger partial charge is 0.458 e. The van der Waals surface area contributed by atoms with Crippen molar-refractivity contribution in [3.63, 3.8) is 0 Å². The molecule has 3 rings (SSSR count). The van der Waals surface area contributed by atoms with Gasteiger partial charge in [-0.3, -0.25) is 19.1 Å². The second-order valence-corrected chi connectivity index (χ2v) is 11.2. The zero-order chi connectivity index (χ0) is 27.7. The van der Waals surface area contributed by atoms with E-state index in [-0.39, 0.29) is 23.7 Å². The highest BCUT2D eigenvalue weighted by atomic mass is 16.8. The summed E-state index contributed by atoms with van der Waals surface area (Å²) in [6.07, 6.45) is 3.89. The molecule has 9 atom stereocenters. The van der Waals surface area contributed by atoms with Crippen LogP contribution in [0.2, 0.25) is 0 Å². The van der Waals surface area contributed by atoms with E-state index in [1.54, 1.807) is 12.2 Å². The Kier molecular flexibility index (Phi) is 8.75.